The fraction of sp³-hybridized carbons (Fsp3) is 0.538. The summed E-state index contributed by atoms with van der Waals surface area (Å²) in [4.78, 5) is 2.26. The van der Waals surface area contributed by atoms with Gasteiger partial charge in [-0.2, -0.15) is 0 Å². The average molecular weight is 252 g/mol. The Bertz CT molecular complexity index is 398. The first-order chi connectivity index (χ1) is 8.72. The molecule has 1 unspecified atom stereocenters. The van der Waals surface area contributed by atoms with E-state index in [2.05, 4.69) is 4.90 Å². The number of morpholine rings is 1. The van der Waals surface area contributed by atoms with Gasteiger partial charge in [0.25, 0.3) is 0 Å². The van der Waals surface area contributed by atoms with Crippen LogP contribution in [0.2, 0.25) is 0 Å². The molecule has 1 fully saturated rings. The van der Waals surface area contributed by atoms with Gasteiger partial charge in [0.1, 0.15) is 5.75 Å². The van der Waals surface area contributed by atoms with Crippen molar-refractivity contribution in [1.82, 2.24) is 4.90 Å². The van der Waals surface area contributed by atoms with Crippen molar-refractivity contribution in [2.75, 3.05) is 39.1 Å². The number of aliphatic hydroxyl groups is 1. The number of hydrogen-bond donors (Lipinski definition) is 2. The van der Waals surface area contributed by atoms with E-state index >= 15 is 0 Å². The van der Waals surface area contributed by atoms with Crippen molar-refractivity contribution in [1.29, 1.82) is 0 Å². The number of aliphatic hydroxyl groups excluding tert-OH is 1. The van der Waals surface area contributed by atoms with E-state index in [1.807, 2.05) is 18.2 Å². The normalized spacial score (nSPS) is 20.9. The first-order valence-electron chi connectivity index (χ1n) is 6.10. The molecule has 0 saturated carbocycles. The number of rotatable bonds is 4. The first-order valence-corrected chi connectivity index (χ1v) is 6.10. The van der Waals surface area contributed by atoms with Crippen LogP contribution >= 0.6 is 0 Å². The molecule has 0 aliphatic carbocycles. The van der Waals surface area contributed by atoms with Crippen LogP contribution in [0.25, 0.3) is 0 Å². The van der Waals surface area contributed by atoms with E-state index < -0.39 is 0 Å². The molecular formula is C13H20N2O3. The zero-order chi connectivity index (χ0) is 13.0. The smallest absolute Gasteiger partial charge is 0.141 e. The molecule has 2 rings (SSSR count). The molecule has 0 radical (unpaired) electrons. The van der Waals surface area contributed by atoms with Crippen molar-refractivity contribution in [3.05, 3.63) is 23.8 Å². The second-order valence-corrected chi connectivity index (χ2v) is 4.49. The number of nitrogens with zero attached hydrogens (tertiary/aromatic N) is 1. The van der Waals surface area contributed by atoms with Crippen molar-refractivity contribution in [3.8, 4) is 5.75 Å². The Balaban J connectivity index is 1.98. The van der Waals surface area contributed by atoms with Gasteiger partial charge in [-0.05, 0) is 17.7 Å². The third kappa shape index (κ3) is 3.13. The second kappa shape index (κ2) is 6.04. The van der Waals surface area contributed by atoms with Crippen LogP contribution in [0.15, 0.2) is 18.2 Å². The minimum absolute atomic E-state index is 0.0707. The van der Waals surface area contributed by atoms with E-state index in [1.54, 1.807) is 7.11 Å². The summed E-state index contributed by atoms with van der Waals surface area (Å²) in [5, 5.41) is 9.10. The van der Waals surface area contributed by atoms with Gasteiger partial charge >= 0.3 is 0 Å². The molecule has 1 aliphatic heterocycles. The van der Waals surface area contributed by atoms with Crippen molar-refractivity contribution in [3.63, 3.8) is 0 Å². The lowest BCUT2D eigenvalue weighted by molar-refractivity contribution is -0.0551. The predicted octanol–water partition coefficient (Wildman–Crippen LogP) is 0.470. The zero-order valence-corrected chi connectivity index (χ0v) is 10.6. The Morgan fingerprint density at radius 2 is 2.39 bits per heavy atom. The number of nitrogen functional groups attached to an aromatic ring is 1. The van der Waals surface area contributed by atoms with E-state index in [4.69, 9.17) is 20.3 Å². The fourth-order valence-corrected chi connectivity index (χ4v) is 2.17. The van der Waals surface area contributed by atoms with Gasteiger partial charge in [-0.1, -0.05) is 6.07 Å². The van der Waals surface area contributed by atoms with Gasteiger partial charge in [0.15, 0.2) is 0 Å². The molecule has 0 bridgehead atoms. The Hall–Kier alpha value is -1.30. The highest BCUT2D eigenvalue weighted by molar-refractivity contribution is 5.54. The Morgan fingerprint density at radius 1 is 1.56 bits per heavy atom. The standard InChI is InChI=1S/C13H20N2O3/c1-17-13-3-2-10(6-12(13)14)7-15-4-5-18-11(8-15)9-16/h2-3,6,11,16H,4-5,7-9,14H2,1H3. The van der Waals surface area contributed by atoms with E-state index in [9.17, 15) is 0 Å². The maximum atomic E-state index is 9.10. The minimum Gasteiger partial charge on any atom is -0.495 e. The lowest BCUT2D eigenvalue weighted by Crippen LogP contribution is -2.43. The van der Waals surface area contributed by atoms with Gasteiger partial charge in [0.2, 0.25) is 0 Å². The highest BCUT2D eigenvalue weighted by atomic mass is 16.5. The topological polar surface area (TPSA) is 68.0 Å². The third-order valence-corrected chi connectivity index (χ3v) is 3.13. The number of methoxy groups -OCH3 is 1. The number of hydrogen-bond acceptors (Lipinski definition) is 5. The van der Waals surface area contributed by atoms with Crippen molar-refractivity contribution >= 4 is 5.69 Å². The zero-order valence-electron chi connectivity index (χ0n) is 10.6. The van der Waals surface area contributed by atoms with Crippen LogP contribution in [-0.4, -0.2) is 49.5 Å². The van der Waals surface area contributed by atoms with E-state index in [1.165, 1.54) is 0 Å². The lowest BCUT2D eigenvalue weighted by Gasteiger charge is -2.32. The van der Waals surface area contributed by atoms with Gasteiger partial charge in [0.05, 0.1) is 32.1 Å². The van der Waals surface area contributed by atoms with Gasteiger partial charge < -0.3 is 20.3 Å². The summed E-state index contributed by atoms with van der Waals surface area (Å²) in [5.41, 5.74) is 7.68. The summed E-state index contributed by atoms with van der Waals surface area (Å²) >= 11 is 0. The maximum Gasteiger partial charge on any atom is 0.141 e. The van der Waals surface area contributed by atoms with Crippen molar-refractivity contribution < 1.29 is 14.6 Å². The first kappa shape index (κ1) is 13.1. The fourth-order valence-electron chi connectivity index (χ4n) is 2.17. The van der Waals surface area contributed by atoms with Gasteiger partial charge in [0, 0.05) is 19.6 Å². The number of benzene rings is 1. The van der Waals surface area contributed by atoms with Crippen LogP contribution < -0.4 is 10.5 Å². The van der Waals surface area contributed by atoms with E-state index in [-0.39, 0.29) is 12.7 Å². The Morgan fingerprint density at radius 3 is 3.06 bits per heavy atom. The van der Waals surface area contributed by atoms with Crippen LogP contribution in [0.3, 0.4) is 0 Å². The summed E-state index contributed by atoms with van der Waals surface area (Å²) in [5.74, 6) is 0.703. The molecule has 1 aromatic carbocycles. The largest absolute Gasteiger partial charge is 0.495 e. The predicted molar refractivity (Wildman–Crippen MR) is 69.5 cm³/mol. The highest BCUT2D eigenvalue weighted by Gasteiger charge is 2.19. The molecule has 1 aliphatic rings. The Labute approximate surface area is 107 Å². The molecule has 0 spiro atoms. The molecule has 3 N–H and O–H groups in total. The van der Waals surface area contributed by atoms with Gasteiger partial charge in [-0.25, -0.2) is 0 Å². The summed E-state index contributed by atoms with van der Waals surface area (Å²) in [6, 6.07) is 5.83. The molecule has 1 saturated heterocycles. The minimum atomic E-state index is -0.0747. The summed E-state index contributed by atoms with van der Waals surface area (Å²) in [6.07, 6.45) is -0.0747. The average Bonchev–Trinajstić information content (AvgIpc) is 2.39. The van der Waals surface area contributed by atoms with Gasteiger partial charge in [-0.3, -0.25) is 4.90 Å². The van der Waals surface area contributed by atoms with Crippen LogP contribution in [0.1, 0.15) is 5.56 Å². The van der Waals surface area contributed by atoms with Crippen molar-refractivity contribution in [2.45, 2.75) is 12.6 Å². The molecule has 1 atom stereocenters. The number of anilines is 1. The monoisotopic (exact) mass is 252 g/mol. The molecule has 0 aromatic heterocycles. The number of nitrogens with two attached hydrogens (primary N) is 1. The lowest BCUT2D eigenvalue weighted by atomic mass is 10.1. The van der Waals surface area contributed by atoms with Crippen LogP contribution in [0.5, 0.6) is 5.75 Å². The molecule has 1 aromatic rings. The molecule has 5 heteroatoms. The maximum absolute atomic E-state index is 9.10. The highest BCUT2D eigenvalue weighted by Crippen LogP contribution is 2.23. The number of ether oxygens (including phenoxy) is 2. The van der Waals surface area contributed by atoms with Gasteiger partial charge in [-0.15, -0.1) is 0 Å². The Kier molecular flexibility index (Phi) is 4.41. The SMILES string of the molecule is COc1ccc(CN2CCOC(CO)C2)cc1N. The van der Waals surface area contributed by atoms with Crippen molar-refractivity contribution in [2.24, 2.45) is 0 Å². The molecule has 0 amide bonds. The summed E-state index contributed by atoms with van der Waals surface area (Å²) in [6.45, 7) is 3.18. The molecular weight excluding hydrogens is 232 g/mol. The van der Waals surface area contributed by atoms with Crippen LogP contribution in [-0.2, 0) is 11.3 Å². The van der Waals surface area contributed by atoms with Crippen LogP contribution in [0, 0.1) is 0 Å². The summed E-state index contributed by atoms with van der Waals surface area (Å²) in [7, 11) is 1.61. The third-order valence-electron chi connectivity index (χ3n) is 3.13. The quantitative estimate of drug-likeness (QED) is 0.762. The molecule has 5 nitrogen and oxygen atoms in total. The second-order valence-electron chi connectivity index (χ2n) is 4.49. The van der Waals surface area contributed by atoms with Crippen LogP contribution in [0.4, 0.5) is 5.69 Å². The van der Waals surface area contributed by atoms with E-state index in [0.717, 1.165) is 25.2 Å². The summed E-state index contributed by atoms with van der Waals surface area (Å²) < 4.78 is 10.6. The van der Waals surface area contributed by atoms with E-state index in [0.29, 0.717) is 18.0 Å². The molecule has 1 heterocycles. The molecule has 18 heavy (non-hydrogen) atoms. The molecule has 100 valence electrons.